The first kappa shape index (κ1) is 11.7. The molecule has 0 amide bonds. The van der Waals surface area contributed by atoms with Gasteiger partial charge < -0.3 is 19.9 Å². The number of aliphatic hydroxyl groups is 1. The summed E-state index contributed by atoms with van der Waals surface area (Å²) < 4.78 is 6.89. The van der Waals surface area contributed by atoms with Crippen molar-refractivity contribution in [1.29, 1.82) is 0 Å². The third-order valence-electron chi connectivity index (χ3n) is 2.46. The van der Waals surface area contributed by atoms with Crippen molar-refractivity contribution >= 4 is 0 Å². The van der Waals surface area contributed by atoms with Crippen molar-refractivity contribution in [3.63, 3.8) is 0 Å². The maximum absolute atomic E-state index is 9.01. The predicted molar refractivity (Wildman–Crippen MR) is 59.0 cm³/mol. The summed E-state index contributed by atoms with van der Waals surface area (Å²) in [6, 6.07) is -0.415. The zero-order valence-electron chi connectivity index (χ0n) is 9.58. The summed E-state index contributed by atoms with van der Waals surface area (Å²) in [5, 5.41) is 12.7. The van der Waals surface area contributed by atoms with Crippen molar-refractivity contribution < 1.29 is 9.63 Å². The van der Waals surface area contributed by atoms with Crippen LogP contribution in [0.5, 0.6) is 0 Å². The lowest BCUT2D eigenvalue weighted by atomic mass is 10.2. The van der Waals surface area contributed by atoms with Gasteiger partial charge in [0.1, 0.15) is 0 Å². The van der Waals surface area contributed by atoms with Crippen molar-refractivity contribution in [3.8, 4) is 0 Å². The molecule has 2 aromatic rings. The third-order valence-corrected chi connectivity index (χ3v) is 2.46. The average Bonchev–Trinajstić information content (AvgIpc) is 2.94. The monoisotopic (exact) mass is 237 g/mol. The molecular weight excluding hydrogens is 222 g/mol. The first-order valence-electron chi connectivity index (χ1n) is 5.36. The van der Waals surface area contributed by atoms with E-state index >= 15 is 0 Å². The van der Waals surface area contributed by atoms with E-state index in [1.807, 2.05) is 4.57 Å². The Labute approximate surface area is 98.3 Å². The molecule has 0 fully saturated rings. The van der Waals surface area contributed by atoms with Crippen LogP contribution in [-0.4, -0.2) is 31.4 Å². The number of hydrogen-bond donors (Lipinski definition) is 2. The number of rotatable bonds is 5. The summed E-state index contributed by atoms with van der Waals surface area (Å²) >= 11 is 0. The molecule has 2 aromatic heterocycles. The van der Waals surface area contributed by atoms with Gasteiger partial charge in [-0.3, -0.25) is 0 Å². The van der Waals surface area contributed by atoms with Crippen LogP contribution in [0.2, 0.25) is 0 Å². The highest BCUT2D eigenvalue weighted by Crippen LogP contribution is 2.10. The highest BCUT2D eigenvalue weighted by Gasteiger charge is 2.11. The van der Waals surface area contributed by atoms with Gasteiger partial charge in [0.05, 0.1) is 24.7 Å². The first-order chi connectivity index (χ1) is 8.20. The molecule has 0 aliphatic rings. The fraction of sp³-hybridized carbons (Fsp3) is 0.500. The van der Waals surface area contributed by atoms with E-state index in [0.717, 1.165) is 5.69 Å². The number of aliphatic hydroxyl groups excluding tert-OH is 1. The van der Waals surface area contributed by atoms with Gasteiger partial charge in [-0.2, -0.15) is 4.98 Å². The SMILES string of the molecule is Cc1noc(CCn2cncc2C(N)CO)n1. The van der Waals surface area contributed by atoms with Gasteiger partial charge in [-0.1, -0.05) is 5.16 Å². The molecule has 0 aliphatic carbocycles. The van der Waals surface area contributed by atoms with Gasteiger partial charge in [0, 0.05) is 19.2 Å². The lowest BCUT2D eigenvalue weighted by Crippen LogP contribution is -2.19. The molecule has 0 radical (unpaired) electrons. The second-order valence-corrected chi connectivity index (χ2v) is 3.79. The molecule has 0 aliphatic heterocycles. The number of nitrogens with two attached hydrogens (primary N) is 1. The van der Waals surface area contributed by atoms with Gasteiger partial charge in [-0.05, 0) is 6.92 Å². The number of aromatic nitrogens is 4. The summed E-state index contributed by atoms with van der Waals surface area (Å²) in [7, 11) is 0. The van der Waals surface area contributed by atoms with E-state index in [2.05, 4.69) is 15.1 Å². The summed E-state index contributed by atoms with van der Waals surface area (Å²) in [5.74, 6) is 1.21. The standard InChI is InChI=1S/C10H15N5O2/c1-7-13-10(17-14-7)2-3-15-6-12-4-9(15)8(11)5-16/h4,6,8,16H,2-3,5,11H2,1H3. The molecule has 7 nitrogen and oxygen atoms in total. The van der Waals surface area contributed by atoms with E-state index in [4.69, 9.17) is 15.4 Å². The van der Waals surface area contributed by atoms with E-state index in [-0.39, 0.29) is 6.61 Å². The Balaban J connectivity index is 2.01. The van der Waals surface area contributed by atoms with Crippen molar-refractivity contribution in [2.24, 2.45) is 5.73 Å². The topological polar surface area (TPSA) is 103 Å². The van der Waals surface area contributed by atoms with Crippen LogP contribution in [0.15, 0.2) is 17.0 Å². The molecule has 2 rings (SSSR count). The molecule has 92 valence electrons. The Morgan fingerprint density at radius 3 is 3.06 bits per heavy atom. The molecule has 17 heavy (non-hydrogen) atoms. The van der Waals surface area contributed by atoms with Crippen LogP contribution in [0.4, 0.5) is 0 Å². The van der Waals surface area contributed by atoms with E-state index < -0.39 is 6.04 Å². The predicted octanol–water partition coefficient (Wildman–Crippen LogP) is -0.191. The summed E-state index contributed by atoms with van der Waals surface area (Å²) in [6.45, 7) is 2.31. The molecule has 1 unspecified atom stereocenters. The average molecular weight is 237 g/mol. The lowest BCUT2D eigenvalue weighted by Gasteiger charge is -2.11. The van der Waals surface area contributed by atoms with Crippen molar-refractivity contribution in [1.82, 2.24) is 19.7 Å². The normalized spacial score (nSPS) is 12.9. The Hall–Kier alpha value is -1.73. The first-order valence-corrected chi connectivity index (χ1v) is 5.36. The lowest BCUT2D eigenvalue weighted by molar-refractivity contribution is 0.262. The smallest absolute Gasteiger partial charge is 0.228 e. The molecule has 0 aromatic carbocycles. The van der Waals surface area contributed by atoms with Crippen molar-refractivity contribution in [3.05, 3.63) is 29.9 Å². The van der Waals surface area contributed by atoms with Gasteiger partial charge in [-0.25, -0.2) is 4.98 Å². The minimum atomic E-state index is -0.415. The van der Waals surface area contributed by atoms with Crippen LogP contribution >= 0.6 is 0 Å². The summed E-state index contributed by atoms with van der Waals surface area (Å²) in [5.41, 5.74) is 6.55. The maximum Gasteiger partial charge on any atom is 0.228 e. The van der Waals surface area contributed by atoms with Crippen LogP contribution < -0.4 is 5.73 Å². The zero-order valence-corrected chi connectivity index (χ0v) is 9.58. The third kappa shape index (κ3) is 2.69. The number of aryl methyl sites for hydroxylation is 3. The van der Waals surface area contributed by atoms with Crippen LogP contribution in [0.25, 0.3) is 0 Å². The zero-order chi connectivity index (χ0) is 12.3. The van der Waals surface area contributed by atoms with Gasteiger partial charge in [0.2, 0.25) is 5.89 Å². The molecule has 0 bridgehead atoms. The van der Waals surface area contributed by atoms with Crippen LogP contribution in [0, 0.1) is 6.92 Å². The second kappa shape index (κ2) is 5.07. The van der Waals surface area contributed by atoms with Crippen molar-refractivity contribution in [2.45, 2.75) is 25.9 Å². The Morgan fingerprint density at radius 1 is 1.59 bits per heavy atom. The number of nitrogens with zero attached hydrogens (tertiary/aromatic N) is 4. The van der Waals surface area contributed by atoms with Gasteiger partial charge in [0.25, 0.3) is 0 Å². The fourth-order valence-corrected chi connectivity index (χ4v) is 1.58. The Kier molecular flexibility index (Phi) is 3.50. The second-order valence-electron chi connectivity index (χ2n) is 3.79. The molecule has 7 heteroatoms. The summed E-state index contributed by atoms with van der Waals surface area (Å²) in [4.78, 5) is 8.13. The molecule has 2 heterocycles. The van der Waals surface area contributed by atoms with Crippen LogP contribution in [0.1, 0.15) is 23.5 Å². The minimum absolute atomic E-state index is 0.106. The fourth-order valence-electron chi connectivity index (χ4n) is 1.58. The summed E-state index contributed by atoms with van der Waals surface area (Å²) in [6.07, 6.45) is 3.94. The van der Waals surface area contributed by atoms with Gasteiger partial charge >= 0.3 is 0 Å². The quantitative estimate of drug-likeness (QED) is 0.747. The number of imidazole rings is 1. The largest absolute Gasteiger partial charge is 0.394 e. The highest BCUT2D eigenvalue weighted by atomic mass is 16.5. The van der Waals surface area contributed by atoms with Crippen LogP contribution in [0.3, 0.4) is 0 Å². The Bertz CT molecular complexity index is 479. The van der Waals surface area contributed by atoms with E-state index in [1.165, 1.54) is 0 Å². The van der Waals surface area contributed by atoms with E-state index in [0.29, 0.717) is 24.7 Å². The van der Waals surface area contributed by atoms with E-state index in [1.54, 1.807) is 19.4 Å². The highest BCUT2D eigenvalue weighted by molar-refractivity contribution is 5.04. The Morgan fingerprint density at radius 2 is 2.41 bits per heavy atom. The van der Waals surface area contributed by atoms with Gasteiger partial charge in [0.15, 0.2) is 5.82 Å². The van der Waals surface area contributed by atoms with Crippen LogP contribution in [-0.2, 0) is 13.0 Å². The molecule has 0 saturated carbocycles. The van der Waals surface area contributed by atoms with Gasteiger partial charge in [-0.15, -0.1) is 0 Å². The molecule has 0 spiro atoms. The minimum Gasteiger partial charge on any atom is -0.394 e. The molecular formula is C10H15N5O2. The van der Waals surface area contributed by atoms with E-state index in [9.17, 15) is 0 Å². The molecule has 3 N–H and O–H groups in total. The van der Waals surface area contributed by atoms with Crippen molar-refractivity contribution in [2.75, 3.05) is 6.61 Å². The molecule has 1 atom stereocenters. The number of hydrogen-bond acceptors (Lipinski definition) is 6. The maximum atomic E-state index is 9.01. The molecule has 0 saturated heterocycles.